The Morgan fingerprint density at radius 2 is 2.05 bits per heavy atom. The molecule has 4 nitrogen and oxygen atoms in total. The van der Waals surface area contributed by atoms with E-state index < -0.39 is 6.10 Å². The molecule has 1 unspecified atom stereocenters. The van der Waals surface area contributed by atoms with Crippen LogP contribution in [0.25, 0.3) is 0 Å². The van der Waals surface area contributed by atoms with Crippen molar-refractivity contribution in [3.63, 3.8) is 0 Å². The zero-order chi connectivity index (χ0) is 13.7. The number of anilines is 1. The van der Waals surface area contributed by atoms with Crippen molar-refractivity contribution in [1.29, 1.82) is 0 Å². The van der Waals surface area contributed by atoms with Gasteiger partial charge in [0.2, 0.25) is 5.91 Å². The molecular formula is C15H16N2O2. The van der Waals surface area contributed by atoms with Crippen LogP contribution >= 0.6 is 0 Å². The normalized spacial score (nSPS) is 11.9. The first kappa shape index (κ1) is 13.2. The molecule has 0 aliphatic rings. The van der Waals surface area contributed by atoms with Crippen molar-refractivity contribution in [3.8, 4) is 0 Å². The third-order valence-corrected chi connectivity index (χ3v) is 2.75. The van der Waals surface area contributed by atoms with Gasteiger partial charge in [0.25, 0.3) is 0 Å². The summed E-state index contributed by atoms with van der Waals surface area (Å²) in [6.45, 7) is 1.93. The van der Waals surface area contributed by atoms with Crippen LogP contribution in [0.1, 0.15) is 23.7 Å². The molecule has 0 fully saturated rings. The Balaban J connectivity index is 1.95. The van der Waals surface area contributed by atoms with E-state index in [2.05, 4.69) is 10.3 Å². The number of amides is 1. The monoisotopic (exact) mass is 256 g/mol. The molecule has 1 atom stereocenters. The molecule has 0 aliphatic carbocycles. The number of pyridine rings is 1. The standard InChI is InChI=1S/C15H16N2O2/c1-11-7-8-16-14(9-11)17-15(19)10-13(18)12-5-3-2-4-6-12/h2-9,13,18H,10H2,1H3,(H,16,17,19). The Morgan fingerprint density at radius 1 is 1.32 bits per heavy atom. The summed E-state index contributed by atoms with van der Waals surface area (Å²) in [6, 6.07) is 12.8. The number of hydrogen-bond acceptors (Lipinski definition) is 3. The van der Waals surface area contributed by atoms with Crippen molar-refractivity contribution in [2.24, 2.45) is 0 Å². The van der Waals surface area contributed by atoms with Crippen molar-refractivity contribution in [1.82, 2.24) is 4.98 Å². The lowest BCUT2D eigenvalue weighted by molar-refractivity contribution is -0.118. The number of aliphatic hydroxyl groups excluding tert-OH is 1. The average Bonchev–Trinajstić information content (AvgIpc) is 2.39. The fourth-order valence-electron chi connectivity index (χ4n) is 1.77. The van der Waals surface area contributed by atoms with Crippen LogP contribution in [0, 0.1) is 6.92 Å². The van der Waals surface area contributed by atoms with Gasteiger partial charge < -0.3 is 10.4 Å². The average molecular weight is 256 g/mol. The first-order valence-electron chi connectivity index (χ1n) is 6.10. The summed E-state index contributed by atoms with van der Waals surface area (Å²) in [5.74, 6) is 0.250. The maximum Gasteiger partial charge on any atom is 0.228 e. The van der Waals surface area contributed by atoms with Crippen molar-refractivity contribution in [2.75, 3.05) is 5.32 Å². The maximum atomic E-state index is 11.8. The van der Waals surface area contributed by atoms with E-state index >= 15 is 0 Å². The second-order valence-corrected chi connectivity index (χ2v) is 4.40. The van der Waals surface area contributed by atoms with E-state index in [-0.39, 0.29) is 12.3 Å². The number of carbonyl (C=O) groups excluding carboxylic acids is 1. The number of nitrogens with one attached hydrogen (secondary N) is 1. The van der Waals surface area contributed by atoms with Gasteiger partial charge in [-0.05, 0) is 30.2 Å². The van der Waals surface area contributed by atoms with Gasteiger partial charge >= 0.3 is 0 Å². The zero-order valence-corrected chi connectivity index (χ0v) is 10.7. The predicted molar refractivity (Wildman–Crippen MR) is 73.6 cm³/mol. The summed E-state index contributed by atoms with van der Waals surface area (Å²) in [5, 5.41) is 12.6. The minimum atomic E-state index is -0.800. The highest BCUT2D eigenvalue weighted by Crippen LogP contribution is 2.16. The summed E-state index contributed by atoms with van der Waals surface area (Å²) >= 11 is 0. The topological polar surface area (TPSA) is 62.2 Å². The molecule has 1 aromatic heterocycles. The molecule has 2 N–H and O–H groups in total. The van der Waals surface area contributed by atoms with Crippen LogP contribution in [0.2, 0.25) is 0 Å². The number of aliphatic hydroxyl groups is 1. The van der Waals surface area contributed by atoms with Gasteiger partial charge in [-0.3, -0.25) is 4.79 Å². The number of nitrogens with zero attached hydrogens (tertiary/aromatic N) is 1. The lowest BCUT2D eigenvalue weighted by atomic mass is 10.1. The third-order valence-electron chi connectivity index (χ3n) is 2.75. The Kier molecular flexibility index (Phi) is 4.26. The molecule has 0 saturated heterocycles. The summed E-state index contributed by atoms with van der Waals surface area (Å²) in [5.41, 5.74) is 1.75. The Hall–Kier alpha value is -2.20. The SMILES string of the molecule is Cc1ccnc(NC(=O)CC(O)c2ccccc2)c1. The predicted octanol–water partition coefficient (Wildman–Crippen LogP) is 2.45. The van der Waals surface area contributed by atoms with Gasteiger partial charge in [-0.15, -0.1) is 0 Å². The van der Waals surface area contributed by atoms with Crippen molar-refractivity contribution < 1.29 is 9.90 Å². The molecule has 19 heavy (non-hydrogen) atoms. The summed E-state index contributed by atoms with van der Waals surface area (Å²) < 4.78 is 0. The minimum Gasteiger partial charge on any atom is -0.388 e. The van der Waals surface area contributed by atoms with Gasteiger partial charge in [0.05, 0.1) is 12.5 Å². The summed E-state index contributed by atoms with van der Waals surface area (Å²) in [4.78, 5) is 15.8. The van der Waals surface area contributed by atoms with Crippen molar-refractivity contribution >= 4 is 11.7 Å². The first-order chi connectivity index (χ1) is 9.15. The van der Waals surface area contributed by atoms with Crippen LogP contribution in [0.4, 0.5) is 5.82 Å². The van der Waals surface area contributed by atoms with E-state index in [1.807, 2.05) is 31.2 Å². The third kappa shape index (κ3) is 3.89. The Bertz CT molecular complexity index is 555. The highest BCUT2D eigenvalue weighted by atomic mass is 16.3. The molecule has 2 rings (SSSR count). The van der Waals surface area contributed by atoms with Gasteiger partial charge in [-0.25, -0.2) is 4.98 Å². The Morgan fingerprint density at radius 3 is 2.74 bits per heavy atom. The molecule has 0 spiro atoms. The summed E-state index contributed by atoms with van der Waals surface area (Å²) in [6.07, 6.45) is 0.851. The number of hydrogen-bond donors (Lipinski definition) is 2. The minimum absolute atomic E-state index is 0.0135. The van der Waals surface area contributed by atoms with Gasteiger partial charge in [0, 0.05) is 6.20 Å². The molecule has 2 aromatic rings. The van der Waals surface area contributed by atoms with Crippen LogP contribution in [0.3, 0.4) is 0 Å². The van der Waals surface area contributed by atoms with Gasteiger partial charge in [0.15, 0.2) is 0 Å². The second kappa shape index (κ2) is 6.11. The van der Waals surface area contributed by atoms with Crippen molar-refractivity contribution in [3.05, 3.63) is 59.8 Å². The molecular weight excluding hydrogens is 240 g/mol. The quantitative estimate of drug-likeness (QED) is 0.883. The Labute approximate surface area is 112 Å². The molecule has 0 radical (unpaired) electrons. The van der Waals surface area contributed by atoms with Crippen LogP contribution < -0.4 is 5.32 Å². The zero-order valence-electron chi connectivity index (χ0n) is 10.7. The molecule has 1 aromatic carbocycles. The van der Waals surface area contributed by atoms with E-state index in [1.54, 1.807) is 24.4 Å². The largest absolute Gasteiger partial charge is 0.388 e. The molecule has 0 bridgehead atoms. The van der Waals surface area contributed by atoms with E-state index in [1.165, 1.54) is 0 Å². The molecule has 0 aliphatic heterocycles. The van der Waals surface area contributed by atoms with Gasteiger partial charge in [-0.2, -0.15) is 0 Å². The maximum absolute atomic E-state index is 11.8. The number of rotatable bonds is 4. The fraction of sp³-hybridized carbons (Fsp3) is 0.200. The lowest BCUT2D eigenvalue weighted by Crippen LogP contribution is -2.16. The molecule has 4 heteroatoms. The van der Waals surface area contributed by atoms with Crippen LogP contribution in [-0.4, -0.2) is 16.0 Å². The smallest absolute Gasteiger partial charge is 0.228 e. The number of aryl methyl sites for hydroxylation is 1. The van der Waals surface area contributed by atoms with Gasteiger partial charge in [0.1, 0.15) is 5.82 Å². The molecule has 98 valence electrons. The molecule has 1 amide bonds. The van der Waals surface area contributed by atoms with Crippen molar-refractivity contribution in [2.45, 2.75) is 19.4 Å². The highest BCUT2D eigenvalue weighted by molar-refractivity contribution is 5.90. The van der Waals surface area contributed by atoms with Crippen LogP contribution in [0.5, 0.6) is 0 Å². The highest BCUT2D eigenvalue weighted by Gasteiger charge is 2.13. The molecule has 0 saturated carbocycles. The van der Waals surface area contributed by atoms with Crippen LogP contribution in [-0.2, 0) is 4.79 Å². The number of benzene rings is 1. The fourth-order valence-corrected chi connectivity index (χ4v) is 1.77. The number of carbonyl (C=O) groups is 1. The molecule has 1 heterocycles. The summed E-state index contributed by atoms with van der Waals surface area (Å²) in [7, 11) is 0. The second-order valence-electron chi connectivity index (χ2n) is 4.40. The van der Waals surface area contributed by atoms with E-state index in [0.717, 1.165) is 11.1 Å². The van der Waals surface area contributed by atoms with Gasteiger partial charge in [-0.1, -0.05) is 30.3 Å². The van der Waals surface area contributed by atoms with E-state index in [4.69, 9.17) is 0 Å². The van der Waals surface area contributed by atoms with E-state index in [0.29, 0.717) is 5.82 Å². The van der Waals surface area contributed by atoms with E-state index in [9.17, 15) is 9.90 Å². The lowest BCUT2D eigenvalue weighted by Gasteiger charge is -2.11. The first-order valence-corrected chi connectivity index (χ1v) is 6.10. The van der Waals surface area contributed by atoms with Crippen LogP contribution in [0.15, 0.2) is 48.7 Å². The number of aromatic nitrogens is 1.